The molecule has 1 saturated carbocycles. The molecule has 0 unspecified atom stereocenters. The van der Waals surface area contributed by atoms with E-state index in [1.54, 1.807) is 12.1 Å². The predicted octanol–water partition coefficient (Wildman–Crippen LogP) is 5.41. The fourth-order valence-electron chi connectivity index (χ4n) is 2.30. The molecule has 1 aromatic rings. The van der Waals surface area contributed by atoms with Gasteiger partial charge >= 0.3 is 0 Å². The number of rotatable bonds is 2. The normalized spacial score (nSPS) is 17.1. The molecule has 2 rings (SSSR count). The number of hydrogen-bond donors (Lipinski definition) is 0. The smallest absolute Gasteiger partial charge is 0.167 e. The highest BCUT2D eigenvalue weighted by molar-refractivity contribution is 6.44. The molecule has 0 saturated heterocycles. The summed E-state index contributed by atoms with van der Waals surface area (Å²) in [5.41, 5.74) is 0.507. The Kier molecular flexibility index (Phi) is 4.35. The van der Waals surface area contributed by atoms with Crippen molar-refractivity contribution < 1.29 is 4.79 Å². The zero-order valence-electron chi connectivity index (χ0n) is 9.31. The van der Waals surface area contributed by atoms with E-state index in [9.17, 15) is 4.79 Å². The van der Waals surface area contributed by atoms with Crippen molar-refractivity contribution in [3.63, 3.8) is 0 Å². The maximum absolute atomic E-state index is 12.3. The van der Waals surface area contributed by atoms with Gasteiger partial charge in [-0.05, 0) is 25.0 Å². The molecule has 0 aromatic heterocycles. The molecule has 0 bridgehead atoms. The highest BCUT2D eigenvalue weighted by Crippen LogP contribution is 2.33. The van der Waals surface area contributed by atoms with Crippen molar-refractivity contribution in [3.8, 4) is 0 Å². The summed E-state index contributed by atoms with van der Waals surface area (Å²) in [6.45, 7) is 0. The van der Waals surface area contributed by atoms with E-state index in [1.807, 2.05) is 0 Å². The van der Waals surface area contributed by atoms with E-state index in [0.29, 0.717) is 20.6 Å². The molecule has 1 aliphatic rings. The van der Waals surface area contributed by atoms with Crippen molar-refractivity contribution in [1.29, 1.82) is 0 Å². The van der Waals surface area contributed by atoms with Crippen molar-refractivity contribution >= 4 is 40.6 Å². The Morgan fingerprint density at radius 2 is 1.53 bits per heavy atom. The molecule has 0 radical (unpaired) electrons. The van der Waals surface area contributed by atoms with Crippen LogP contribution in [0, 0.1) is 5.92 Å². The Balaban J connectivity index is 2.26. The molecule has 0 N–H and O–H groups in total. The van der Waals surface area contributed by atoms with Gasteiger partial charge in [-0.3, -0.25) is 4.79 Å². The quantitative estimate of drug-likeness (QED) is 0.526. The third kappa shape index (κ3) is 2.96. The van der Waals surface area contributed by atoms with E-state index in [4.69, 9.17) is 34.8 Å². The zero-order chi connectivity index (χ0) is 12.4. The summed E-state index contributed by atoms with van der Waals surface area (Å²) in [7, 11) is 0. The van der Waals surface area contributed by atoms with E-state index in [-0.39, 0.29) is 11.7 Å². The predicted molar refractivity (Wildman–Crippen MR) is 72.4 cm³/mol. The lowest BCUT2D eigenvalue weighted by Crippen LogP contribution is -2.18. The lowest BCUT2D eigenvalue weighted by molar-refractivity contribution is 0.0889. The number of carbonyl (C=O) groups excluding carboxylic acids is 1. The van der Waals surface area contributed by atoms with Crippen molar-refractivity contribution in [3.05, 3.63) is 32.8 Å². The van der Waals surface area contributed by atoms with Crippen molar-refractivity contribution in [1.82, 2.24) is 0 Å². The van der Waals surface area contributed by atoms with E-state index >= 15 is 0 Å². The Bertz CT molecular complexity index is 437. The summed E-state index contributed by atoms with van der Waals surface area (Å²) in [6, 6.07) is 3.13. The molecule has 1 nitrogen and oxygen atoms in total. The molecule has 0 aliphatic heterocycles. The number of Topliss-reactive ketones (excluding diaryl/α,β-unsaturated/α-hetero) is 1. The van der Waals surface area contributed by atoms with Crippen LogP contribution >= 0.6 is 34.8 Å². The van der Waals surface area contributed by atoms with Crippen molar-refractivity contribution in [2.45, 2.75) is 32.1 Å². The molecule has 1 fully saturated rings. The van der Waals surface area contributed by atoms with Crippen LogP contribution in [0.25, 0.3) is 0 Å². The average Bonchev–Trinajstić information content (AvgIpc) is 2.34. The largest absolute Gasteiger partial charge is 0.294 e. The fraction of sp³-hybridized carbons (Fsp3) is 0.462. The summed E-state index contributed by atoms with van der Waals surface area (Å²) in [6.07, 6.45) is 5.37. The van der Waals surface area contributed by atoms with E-state index < -0.39 is 0 Å². The molecule has 0 heterocycles. The summed E-state index contributed by atoms with van der Waals surface area (Å²) < 4.78 is 0. The first-order valence-electron chi connectivity index (χ1n) is 5.78. The van der Waals surface area contributed by atoms with Crippen LogP contribution in [0.3, 0.4) is 0 Å². The number of ketones is 1. The fourth-order valence-corrected chi connectivity index (χ4v) is 2.94. The minimum atomic E-state index is 0.0958. The first kappa shape index (κ1) is 13.2. The van der Waals surface area contributed by atoms with Gasteiger partial charge in [0.15, 0.2) is 5.78 Å². The van der Waals surface area contributed by atoms with Gasteiger partial charge in [0.25, 0.3) is 0 Å². The van der Waals surface area contributed by atoms with Gasteiger partial charge in [0.1, 0.15) is 0 Å². The van der Waals surface area contributed by atoms with Crippen LogP contribution in [0.1, 0.15) is 42.5 Å². The van der Waals surface area contributed by atoms with Crippen molar-refractivity contribution in [2.24, 2.45) is 5.92 Å². The molecule has 1 aromatic carbocycles. The number of benzene rings is 1. The Labute approximate surface area is 116 Å². The van der Waals surface area contributed by atoms with Crippen LogP contribution in [0.5, 0.6) is 0 Å². The van der Waals surface area contributed by atoms with Crippen LogP contribution in [-0.4, -0.2) is 5.78 Å². The minimum Gasteiger partial charge on any atom is -0.294 e. The molecule has 0 spiro atoms. The van der Waals surface area contributed by atoms with Gasteiger partial charge in [-0.25, -0.2) is 0 Å². The second-order valence-corrected chi connectivity index (χ2v) is 5.67. The summed E-state index contributed by atoms with van der Waals surface area (Å²) in [5, 5.41) is 1.17. The summed E-state index contributed by atoms with van der Waals surface area (Å²) >= 11 is 17.8. The summed E-state index contributed by atoms with van der Waals surface area (Å²) in [4.78, 5) is 12.3. The van der Waals surface area contributed by atoms with Gasteiger partial charge in [-0.1, -0.05) is 54.1 Å². The topological polar surface area (TPSA) is 17.1 Å². The van der Waals surface area contributed by atoms with E-state index in [1.165, 1.54) is 6.42 Å². The van der Waals surface area contributed by atoms with Gasteiger partial charge in [-0.15, -0.1) is 0 Å². The molecule has 4 heteroatoms. The second-order valence-electron chi connectivity index (χ2n) is 4.45. The third-order valence-corrected chi connectivity index (χ3v) is 4.29. The van der Waals surface area contributed by atoms with Crippen LogP contribution < -0.4 is 0 Å². The Morgan fingerprint density at radius 1 is 0.941 bits per heavy atom. The molecular weight excluding hydrogens is 279 g/mol. The minimum absolute atomic E-state index is 0.0958. The number of halogens is 3. The maximum atomic E-state index is 12.3. The molecular formula is C13H13Cl3O. The van der Waals surface area contributed by atoms with Gasteiger partial charge in [0, 0.05) is 11.5 Å². The van der Waals surface area contributed by atoms with Crippen molar-refractivity contribution in [2.75, 3.05) is 0 Å². The lowest BCUT2D eigenvalue weighted by atomic mass is 9.84. The van der Waals surface area contributed by atoms with Crippen LogP contribution in [0.15, 0.2) is 12.1 Å². The van der Waals surface area contributed by atoms with Gasteiger partial charge in [0.05, 0.1) is 15.1 Å². The lowest BCUT2D eigenvalue weighted by Gasteiger charge is -2.20. The standard InChI is InChI=1S/C13H13Cl3O/c14-10-7-12(16)11(15)6-9(10)13(17)8-4-2-1-3-5-8/h6-8H,1-5H2. The first-order valence-corrected chi connectivity index (χ1v) is 6.91. The Hall–Kier alpha value is -0.240. The SMILES string of the molecule is O=C(c1cc(Cl)c(Cl)cc1Cl)C1CCCCC1. The number of hydrogen-bond acceptors (Lipinski definition) is 1. The molecule has 0 atom stereocenters. The summed E-state index contributed by atoms with van der Waals surface area (Å²) in [5.74, 6) is 0.201. The maximum Gasteiger partial charge on any atom is 0.167 e. The van der Waals surface area contributed by atoms with E-state index in [0.717, 1.165) is 25.7 Å². The van der Waals surface area contributed by atoms with E-state index in [2.05, 4.69) is 0 Å². The molecule has 17 heavy (non-hydrogen) atoms. The highest BCUT2D eigenvalue weighted by Gasteiger charge is 2.24. The highest BCUT2D eigenvalue weighted by atomic mass is 35.5. The van der Waals surface area contributed by atoms with Gasteiger partial charge in [0.2, 0.25) is 0 Å². The average molecular weight is 292 g/mol. The van der Waals surface area contributed by atoms with Gasteiger partial charge in [-0.2, -0.15) is 0 Å². The monoisotopic (exact) mass is 290 g/mol. The van der Waals surface area contributed by atoms with Crippen LogP contribution in [0.4, 0.5) is 0 Å². The second kappa shape index (κ2) is 5.60. The molecule has 0 amide bonds. The van der Waals surface area contributed by atoms with Crippen LogP contribution in [0.2, 0.25) is 15.1 Å². The third-order valence-electron chi connectivity index (χ3n) is 3.25. The first-order chi connectivity index (χ1) is 8.09. The van der Waals surface area contributed by atoms with Crippen LogP contribution in [-0.2, 0) is 0 Å². The Morgan fingerprint density at radius 3 is 2.18 bits per heavy atom. The van der Waals surface area contributed by atoms with Gasteiger partial charge < -0.3 is 0 Å². The molecule has 1 aliphatic carbocycles. The molecule has 92 valence electrons. The zero-order valence-corrected chi connectivity index (χ0v) is 11.6. The number of carbonyl (C=O) groups is 1.